The van der Waals surface area contributed by atoms with E-state index in [9.17, 15) is 5.11 Å². The lowest BCUT2D eigenvalue weighted by atomic mass is 9.38. The second-order valence-corrected chi connectivity index (χ2v) is 10.6. The van der Waals surface area contributed by atoms with Gasteiger partial charge in [0.05, 0.1) is 12.7 Å². The quantitative estimate of drug-likeness (QED) is 0.683. The van der Waals surface area contributed by atoms with Crippen LogP contribution in [-0.4, -0.2) is 42.0 Å². The summed E-state index contributed by atoms with van der Waals surface area (Å²) in [6.07, 6.45) is 10.5. The minimum absolute atomic E-state index is 0.155. The van der Waals surface area contributed by atoms with E-state index in [1.165, 1.54) is 63.5 Å². The Balaban J connectivity index is 1.49. The molecule has 3 unspecified atom stereocenters. The number of hydrogen-bond donors (Lipinski definition) is 1. The lowest BCUT2D eigenvalue weighted by Crippen LogP contribution is -2.70. The van der Waals surface area contributed by atoms with Gasteiger partial charge in [0.25, 0.3) is 0 Å². The fourth-order valence-corrected chi connectivity index (χ4v) is 9.34. The molecule has 25 heavy (non-hydrogen) atoms. The van der Waals surface area contributed by atoms with Gasteiger partial charge in [0.2, 0.25) is 0 Å². The molecule has 1 N–H and O–H groups in total. The Bertz CT molecular complexity index is 634. The molecule has 0 aromatic carbocycles. The maximum atomic E-state index is 11.3. The number of fused-ring (bicyclic) bond motifs is 3. The molecule has 0 amide bonds. The van der Waals surface area contributed by atoms with Gasteiger partial charge in [-0.3, -0.25) is 4.90 Å². The zero-order valence-electron chi connectivity index (χ0n) is 15.7. The van der Waals surface area contributed by atoms with Gasteiger partial charge in [0, 0.05) is 23.9 Å². The van der Waals surface area contributed by atoms with Crippen molar-refractivity contribution in [2.45, 2.75) is 70.6 Å². The van der Waals surface area contributed by atoms with Crippen molar-refractivity contribution in [2.24, 2.45) is 34.0 Å². The molecule has 4 bridgehead atoms. The van der Waals surface area contributed by atoms with E-state index in [0.29, 0.717) is 28.9 Å². The Kier molecular flexibility index (Phi) is 2.95. The van der Waals surface area contributed by atoms with Gasteiger partial charge in [-0.05, 0) is 73.7 Å². The minimum atomic E-state index is -0.235. The van der Waals surface area contributed by atoms with E-state index in [1.54, 1.807) is 0 Å². The normalized spacial score (nSPS) is 60.1. The molecule has 8 atom stereocenters. The van der Waals surface area contributed by atoms with E-state index in [0.717, 1.165) is 19.1 Å². The molecule has 2 aliphatic heterocycles. The number of nitrogens with zero attached hydrogens (tertiary/aromatic N) is 1. The first-order valence-electron chi connectivity index (χ1n) is 10.7. The van der Waals surface area contributed by atoms with Crippen molar-refractivity contribution >= 4 is 0 Å². The van der Waals surface area contributed by atoms with Crippen LogP contribution >= 0.6 is 0 Å². The van der Waals surface area contributed by atoms with Crippen molar-refractivity contribution < 1.29 is 9.84 Å². The molecule has 6 rings (SSSR count). The number of piperidine rings is 1. The largest absolute Gasteiger partial charge is 0.388 e. The van der Waals surface area contributed by atoms with Gasteiger partial charge < -0.3 is 9.84 Å². The summed E-state index contributed by atoms with van der Waals surface area (Å²) < 4.78 is 6.29. The maximum absolute atomic E-state index is 11.3. The van der Waals surface area contributed by atoms with Crippen LogP contribution in [0, 0.1) is 34.0 Å². The van der Waals surface area contributed by atoms with Crippen LogP contribution < -0.4 is 0 Å². The lowest BCUT2D eigenvalue weighted by Gasteiger charge is -2.70. The van der Waals surface area contributed by atoms with E-state index in [2.05, 4.69) is 18.4 Å². The minimum Gasteiger partial charge on any atom is -0.388 e. The molecule has 2 heterocycles. The molecule has 0 aromatic heterocycles. The smallest absolute Gasteiger partial charge is 0.116 e. The van der Waals surface area contributed by atoms with E-state index in [-0.39, 0.29) is 11.5 Å². The summed E-state index contributed by atoms with van der Waals surface area (Å²) in [5, 5.41) is 11.3. The summed E-state index contributed by atoms with van der Waals surface area (Å²) in [7, 11) is 0. The van der Waals surface area contributed by atoms with Crippen molar-refractivity contribution in [2.75, 3.05) is 19.7 Å². The first-order valence-corrected chi connectivity index (χ1v) is 10.7. The monoisotopic (exact) mass is 343 g/mol. The summed E-state index contributed by atoms with van der Waals surface area (Å²) in [4.78, 5) is 2.69. The molecule has 3 nitrogen and oxygen atoms in total. The van der Waals surface area contributed by atoms with Crippen LogP contribution in [0.15, 0.2) is 12.2 Å². The Hall–Kier alpha value is -0.380. The topological polar surface area (TPSA) is 32.7 Å². The number of aliphatic hydroxyl groups is 1. The van der Waals surface area contributed by atoms with Crippen LogP contribution in [-0.2, 0) is 4.74 Å². The van der Waals surface area contributed by atoms with Crippen LogP contribution in [0.25, 0.3) is 0 Å². The molecule has 138 valence electrons. The first kappa shape index (κ1) is 15.7. The third kappa shape index (κ3) is 1.62. The highest BCUT2D eigenvalue weighted by Crippen LogP contribution is 2.74. The molecule has 2 saturated heterocycles. The zero-order chi connectivity index (χ0) is 17.0. The van der Waals surface area contributed by atoms with E-state index in [1.807, 2.05) is 0 Å². The summed E-state index contributed by atoms with van der Waals surface area (Å²) >= 11 is 0. The van der Waals surface area contributed by atoms with Crippen LogP contribution in [0.4, 0.5) is 0 Å². The van der Waals surface area contributed by atoms with E-state index >= 15 is 0 Å². The van der Waals surface area contributed by atoms with Gasteiger partial charge in [-0.1, -0.05) is 19.9 Å². The average molecular weight is 344 g/mol. The fourth-order valence-electron chi connectivity index (χ4n) is 9.34. The van der Waals surface area contributed by atoms with E-state index in [4.69, 9.17) is 4.74 Å². The van der Waals surface area contributed by atoms with Crippen molar-refractivity contribution in [3.8, 4) is 0 Å². The predicted octanol–water partition coefficient (Wildman–Crippen LogP) is 3.58. The van der Waals surface area contributed by atoms with Gasteiger partial charge in [-0.15, -0.1) is 0 Å². The van der Waals surface area contributed by atoms with Crippen LogP contribution in [0.5, 0.6) is 0 Å². The highest BCUT2D eigenvalue weighted by molar-refractivity contribution is 5.28. The number of hydrogen-bond acceptors (Lipinski definition) is 3. The second kappa shape index (κ2) is 4.72. The Morgan fingerprint density at radius 1 is 1.12 bits per heavy atom. The van der Waals surface area contributed by atoms with Gasteiger partial charge in [0.1, 0.15) is 6.23 Å². The fraction of sp³-hybridized carbons (Fsp3) is 0.909. The van der Waals surface area contributed by atoms with Crippen LogP contribution in [0.1, 0.15) is 58.3 Å². The second-order valence-electron chi connectivity index (χ2n) is 10.6. The summed E-state index contributed by atoms with van der Waals surface area (Å²) in [5.74, 6) is 2.09. The number of aliphatic hydroxyl groups excluding tert-OH is 1. The molecule has 6 fully saturated rings. The summed E-state index contributed by atoms with van der Waals surface area (Å²) in [5.41, 5.74) is 2.08. The Morgan fingerprint density at radius 3 is 2.88 bits per heavy atom. The van der Waals surface area contributed by atoms with Crippen molar-refractivity contribution in [1.29, 1.82) is 0 Å². The van der Waals surface area contributed by atoms with Crippen molar-refractivity contribution in [3.05, 3.63) is 12.2 Å². The van der Waals surface area contributed by atoms with Crippen LogP contribution in [0.2, 0.25) is 0 Å². The number of rotatable bonds is 0. The van der Waals surface area contributed by atoms with Crippen molar-refractivity contribution in [3.63, 3.8) is 0 Å². The standard InChI is InChI=1S/C22H33NO2/c1-14-15-4-5-17-21(12-15,18(14)24)9-6-16-20(2)7-3-8-22(16,17)13-23-10-11-25-19(20)23/h15-19,24H,1,3-13H2,2H3/t15-,16-,17-,18+,19?,20-,21?,22?/m1/s1. The zero-order valence-corrected chi connectivity index (χ0v) is 15.7. The van der Waals surface area contributed by atoms with Gasteiger partial charge in [-0.2, -0.15) is 0 Å². The molecule has 0 radical (unpaired) electrons. The summed E-state index contributed by atoms with van der Waals surface area (Å²) in [6.45, 7) is 10.1. The lowest BCUT2D eigenvalue weighted by molar-refractivity contribution is -0.259. The van der Waals surface area contributed by atoms with Gasteiger partial charge in [0.15, 0.2) is 0 Å². The molecular formula is C22H33NO2. The molecule has 6 aliphatic rings. The maximum Gasteiger partial charge on any atom is 0.116 e. The highest BCUT2D eigenvalue weighted by atomic mass is 16.5. The first-order chi connectivity index (χ1) is 12.0. The molecule has 0 aromatic rings. The molecule has 4 aliphatic carbocycles. The molecule has 4 saturated carbocycles. The van der Waals surface area contributed by atoms with Crippen LogP contribution in [0.3, 0.4) is 0 Å². The summed E-state index contributed by atoms with van der Waals surface area (Å²) in [6, 6.07) is 0. The van der Waals surface area contributed by atoms with Crippen molar-refractivity contribution in [1.82, 2.24) is 4.90 Å². The molecule has 3 heteroatoms. The SMILES string of the molecule is C=C1[C@@H]2CC[C@@H]3C(CC[C@H]4C35CCC[C@@]4(C)C3OCCN3C5)(C2)[C@H]1O. The number of ether oxygens (including phenoxy) is 1. The van der Waals surface area contributed by atoms with E-state index < -0.39 is 0 Å². The Morgan fingerprint density at radius 2 is 2.00 bits per heavy atom. The average Bonchev–Trinajstić information content (AvgIpc) is 3.13. The predicted molar refractivity (Wildman–Crippen MR) is 96.8 cm³/mol. The van der Waals surface area contributed by atoms with Gasteiger partial charge in [-0.25, -0.2) is 0 Å². The third-order valence-corrected chi connectivity index (χ3v) is 10.0. The highest BCUT2D eigenvalue weighted by Gasteiger charge is 2.71. The molecule has 1 spiro atoms. The third-order valence-electron chi connectivity index (χ3n) is 10.0. The molecular weight excluding hydrogens is 310 g/mol. The van der Waals surface area contributed by atoms with Gasteiger partial charge >= 0.3 is 0 Å². The Labute approximate surface area is 151 Å².